The average Bonchev–Trinajstić information content (AvgIpc) is 1.85. The number of esters is 1. The average molecular weight is 161 g/mol. The van der Waals surface area contributed by atoms with Crippen LogP contribution in [0.1, 0.15) is 27.7 Å². The molecule has 0 bridgehead atoms. The fourth-order valence-corrected chi connectivity index (χ4v) is 0.755. The molecular formula is C8H19NO2. The van der Waals surface area contributed by atoms with E-state index >= 15 is 0 Å². The minimum absolute atomic E-state index is 0. The largest absolute Gasteiger partial charge is 0.468 e. The molecule has 0 rings (SSSR count). The summed E-state index contributed by atoms with van der Waals surface area (Å²) in [5.74, 6) is 0.114. The van der Waals surface area contributed by atoms with Gasteiger partial charge in [0.05, 0.1) is 7.11 Å². The number of carbonyl (C=O) groups is 1. The van der Waals surface area contributed by atoms with Crippen LogP contribution in [0, 0.1) is 5.92 Å². The SMILES string of the molecule is C.COC(=O)[C@H](N)CC(C)C. The molecule has 68 valence electrons. The fourth-order valence-electron chi connectivity index (χ4n) is 0.755. The number of rotatable bonds is 3. The maximum absolute atomic E-state index is 10.7. The van der Waals surface area contributed by atoms with Crippen molar-refractivity contribution in [2.75, 3.05) is 7.11 Å². The van der Waals surface area contributed by atoms with Crippen LogP contribution in [-0.2, 0) is 9.53 Å². The van der Waals surface area contributed by atoms with Gasteiger partial charge in [-0.05, 0) is 12.3 Å². The van der Waals surface area contributed by atoms with Crippen LogP contribution in [0.5, 0.6) is 0 Å². The second-order valence-electron chi connectivity index (χ2n) is 2.76. The normalized spacial score (nSPS) is 12.1. The zero-order valence-electron chi connectivity index (χ0n) is 6.76. The Kier molecular flexibility index (Phi) is 7.31. The molecule has 11 heavy (non-hydrogen) atoms. The van der Waals surface area contributed by atoms with Crippen LogP contribution in [0.3, 0.4) is 0 Å². The molecular weight excluding hydrogens is 142 g/mol. The number of ether oxygens (including phenoxy) is 1. The summed E-state index contributed by atoms with van der Waals surface area (Å²) in [6, 6.07) is -0.454. The van der Waals surface area contributed by atoms with Crippen LogP contribution >= 0.6 is 0 Å². The summed E-state index contributed by atoms with van der Waals surface area (Å²) < 4.78 is 4.45. The van der Waals surface area contributed by atoms with Crippen LogP contribution in [0.4, 0.5) is 0 Å². The van der Waals surface area contributed by atoms with Gasteiger partial charge < -0.3 is 10.5 Å². The van der Waals surface area contributed by atoms with E-state index in [9.17, 15) is 4.79 Å². The smallest absolute Gasteiger partial charge is 0.322 e. The summed E-state index contributed by atoms with van der Waals surface area (Å²) in [4.78, 5) is 10.7. The van der Waals surface area contributed by atoms with Crippen LogP contribution in [0.2, 0.25) is 0 Å². The van der Waals surface area contributed by atoms with Gasteiger partial charge in [-0.1, -0.05) is 21.3 Å². The highest BCUT2D eigenvalue weighted by molar-refractivity contribution is 5.75. The molecule has 0 fully saturated rings. The van der Waals surface area contributed by atoms with Crippen molar-refractivity contribution in [2.45, 2.75) is 33.7 Å². The molecule has 0 aromatic heterocycles. The first-order chi connectivity index (χ1) is 4.57. The van der Waals surface area contributed by atoms with Crippen molar-refractivity contribution in [3.63, 3.8) is 0 Å². The van der Waals surface area contributed by atoms with Crippen molar-refractivity contribution in [1.82, 2.24) is 0 Å². The van der Waals surface area contributed by atoms with Gasteiger partial charge >= 0.3 is 5.97 Å². The molecule has 2 N–H and O–H groups in total. The van der Waals surface area contributed by atoms with Gasteiger partial charge in [-0.25, -0.2) is 0 Å². The molecule has 0 unspecified atom stereocenters. The minimum Gasteiger partial charge on any atom is -0.468 e. The highest BCUT2D eigenvalue weighted by Crippen LogP contribution is 2.02. The monoisotopic (exact) mass is 161 g/mol. The fraction of sp³-hybridized carbons (Fsp3) is 0.875. The Hall–Kier alpha value is -0.570. The molecule has 1 atom stereocenters. The predicted octanol–water partition coefficient (Wildman–Crippen LogP) is 1.17. The van der Waals surface area contributed by atoms with Gasteiger partial charge in [0.1, 0.15) is 6.04 Å². The summed E-state index contributed by atoms with van der Waals surface area (Å²) in [6.45, 7) is 4.03. The molecule has 0 aromatic rings. The van der Waals surface area contributed by atoms with E-state index in [1.165, 1.54) is 7.11 Å². The molecule has 0 aromatic carbocycles. The molecule has 0 aliphatic rings. The van der Waals surface area contributed by atoms with Gasteiger partial charge in [0.25, 0.3) is 0 Å². The van der Waals surface area contributed by atoms with Crippen LogP contribution in [-0.4, -0.2) is 19.1 Å². The summed E-state index contributed by atoms with van der Waals surface area (Å²) in [5, 5.41) is 0. The summed E-state index contributed by atoms with van der Waals surface area (Å²) in [6.07, 6.45) is 0.687. The number of methoxy groups -OCH3 is 1. The predicted molar refractivity (Wildman–Crippen MR) is 46.2 cm³/mol. The Labute approximate surface area is 68.9 Å². The molecule has 0 heterocycles. The van der Waals surface area contributed by atoms with Gasteiger partial charge in [-0.2, -0.15) is 0 Å². The van der Waals surface area contributed by atoms with E-state index in [2.05, 4.69) is 4.74 Å². The lowest BCUT2D eigenvalue weighted by Gasteiger charge is -2.10. The zero-order valence-corrected chi connectivity index (χ0v) is 6.76. The molecule has 0 saturated carbocycles. The highest BCUT2D eigenvalue weighted by atomic mass is 16.5. The van der Waals surface area contributed by atoms with Crippen molar-refractivity contribution in [1.29, 1.82) is 0 Å². The second kappa shape index (κ2) is 6.16. The first-order valence-electron chi connectivity index (χ1n) is 3.41. The first kappa shape index (κ1) is 13.1. The van der Waals surface area contributed by atoms with Crippen LogP contribution in [0.25, 0.3) is 0 Å². The maximum atomic E-state index is 10.7. The number of carbonyl (C=O) groups excluding carboxylic acids is 1. The van der Waals surface area contributed by atoms with Gasteiger partial charge in [-0.15, -0.1) is 0 Å². The lowest BCUT2D eigenvalue weighted by Crippen LogP contribution is -2.32. The molecule has 0 amide bonds. The topological polar surface area (TPSA) is 52.3 Å². The summed E-state index contributed by atoms with van der Waals surface area (Å²) in [7, 11) is 1.35. The lowest BCUT2D eigenvalue weighted by atomic mass is 10.1. The van der Waals surface area contributed by atoms with Crippen LogP contribution in [0.15, 0.2) is 0 Å². The van der Waals surface area contributed by atoms with Crippen molar-refractivity contribution >= 4 is 5.97 Å². The van der Waals surface area contributed by atoms with Crippen molar-refractivity contribution in [2.24, 2.45) is 11.7 Å². The third-order valence-corrected chi connectivity index (χ3v) is 1.23. The Balaban J connectivity index is 0. The molecule has 0 aliphatic carbocycles. The Morgan fingerprint density at radius 3 is 2.27 bits per heavy atom. The standard InChI is InChI=1S/C7H15NO2.CH4/c1-5(2)4-6(8)7(9)10-3;/h5-6H,4,8H2,1-3H3;1H4/t6-;/m1./s1. The summed E-state index contributed by atoms with van der Waals surface area (Å²) >= 11 is 0. The number of hydrogen-bond acceptors (Lipinski definition) is 3. The molecule has 0 aliphatic heterocycles. The first-order valence-corrected chi connectivity index (χ1v) is 3.41. The third kappa shape index (κ3) is 5.85. The highest BCUT2D eigenvalue weighted by Gasteiger charge is 2.14. The van der Waals surface area contributed by atoms with Crippen molar-refractivity contribution < 1.29 is 9.53 Å². The maximum Gasteiger partial charge on any atom is 0.322 e. The molecule has 0 radical (unpaired) electrons. The summed E-state index contributed by atoms with van der Waals surface area (Å²) in [5.41, 5.74) is 5.45. The van der Waals surface area contributed by atoms with Gasteiger partial charge in [0, 0.05) is 0 Å². The third-order valence-electron chi connectivity index (χ3n) is 1.23. The van der Waals surface area contributed by atoms with E-state index in [1.54, 1.807) is 0 Å². The van der Waals surface area contributed by atoms with E-state index in [-0.39, 0.29) is 13.4 Å². The van der Waals surface area contributed by atoms with Gasteiger partial charge in [0.2, 0.25) is 0 Å². The quantitative estimate of drug-likeness (QED) is 0.632. The molecule has 3 heteroatoms. The van der Waals surface area contributed by atoms with E-state index in [4.69, 9.17) is 5.73 Å². The molecule has 0 saturated heterocycles. The zero-order chi connectivity index (χ0) is 8.15. The van der Waals surface area contributed by atoms with Gasteiger partial charge in [-0.3, -0.25) is 4.79 Å². The molecule has 3 nitrogen and oxygen atoms in total. The number of hydrogen-bond donors (Lipinski definition) is 1. The van der Waals surface area contributed by atoms with Gasteiger partial charge in [0.15, 0.2) is 0 Å². The van der Waals surface area contributed by atoms with E-state index in [0.717, 1.165) is 0 Å². The second-order valence-corrected chi connectivity index (χ2v) is 2.76. The Bertz CT molecular complexity index is 113. The van der Waals surface area contributed by atoms with E-state index in [1.807, 2.05) is 13.8 Å². The van der Waals surface area contributed by atoms with E-state index < -0.39 is 6.04 Å². The van der Waals surface area contributed by atoms with Crippen molar-refractivity contribution in [3.05, 3.63) is 0 Å². The number of nitrogens with two attached hydrogens (primary N) is 1. The van der Waals surface area contributed by atoms with E-state index in [0.29, 0.717) is 12.3 Å². The minimum atomic E-state index is -0.454. The Morgan fingerprint density at radius 1 is 1.55 bits per heavy atom. The van der Waals surface area contributed by atoms with Crippen molar-refractivity contribution in [3.8, 4) is 0 Å². The van der Waals surface area contributed by atoms with Crippen LogP contribution < -0.4 is 5.73 Å². The lowest BCUT2D eigenvalue weighted by molar-refractivity contribution is -0.142. The molecule has 0 spiro atoms. The Morgan fingerprint density at radius 2 is 2.00 bits per heavy atom.